The minimum absolute atomic E-state index is 0.117. The van der Waals surface area contributed by atoms with Crippen molar-refractivity contribution in [3.8, 4) is 5.75 Å². The molecule has 1 amide bonds. The van der Waals surface area contributed by atoms with Crippen LogP contribution in [0.4, 0.5) is 11.4 Å². The van der Waals surface area contributed by atoms with Crippen LogP contribution in [-0.4, -0.2) is 48.5 Å². The number of anilines is 1. The Bertz CT molecular complexity index is 851. The summed E-state index contributed by atoms with van der Waals surface area (Å²) in [6.07, 6.45) is 0. The minimum Gasteiger partial charge on any atom is -0.477 e. The number of nitrogens with zero attached hydrogens (tertiary/aromatic N) is 3. The Hall–Kier alpha value is -2.80. The predicted octanol–water partition coefficient (Wildman–Crippen LogP) is 3.28. The largest absolute Gasteiger partial charge is 0.477 e. The maximum absolute atomic E-state index is 12.4. The molecule has 0 unspecified atom stereocenters. The summed E-state index contributed by atoms with van der Waals surface area (Å²) in [6.45, 7) is 4.09. The molecule has 7 nitrogen and oxygen atoms in total. The van der Waals surface area contributed by atoms with E-state index < -0.39 is 4.92 Å². The van der Waals surface area contributed by atoms with Crippen LogP contribution in [0, 0.1) is 17.0 Å². The molecular weight excluding hydrogens is 370 g/mol. The third-order valence-electron chi connectivity index (χ3n) is 4.47. The van der Waals surface area contributed by atoms with E-state index in [2.05, 4.69) is 4.90 Å². The fourth-order valence-electron chi connectivity index (χ4n) is 3.01. The zero-order chi connectivity index (χ0) is 19.4. The van der Waals surface area contributed by atoms with E-state index in [4.69, 9.17) is 16.3 Å². The highest BCUT2D eigenvalue weighted by Gasteiger charge is 2.23. The van der Waals surface area contributed by atoms with Crippen molar-refractivity contribution in [2.24, 2.45) is 0 Å². The molecule has 1 saturated heterocycles. The number of halogens is 1. The smallest absolute Gasteiger partial charge is 0.310 e. The molecule has 0 bridgehead atoms. The summed E-state index contributed by atoms with van der Waals surface area (Å²) < 4.78 is 5.46. The molecule has 1 fully saturated rings. The van der Waals surface area contributed by atoms with Crippen molar-refractivity contribution in [2.75, 3.05) is 37.7 Å². The zero-order valence-corrected chi connectivity index (χ0v) is 15.7. The van der Waals surface area contributed by atoms with Crippen molar-refractivity contribution in [1.82, 2.24) is 4.90 Å². The lowest BCUT2D eigenvalue weighted by Crippen LogP contribution is -2.50. The van der Waals surface area contributed by atoms with Crippen LogP contribution < -0.4 is 9.64 Å². The molecule has 0 radical (unpaired) electrons. The third-order valence-corrected chi connectivity index (χ3v) is 4.70. The maximum Gasteiger partial charge on any atom is 0.310 e. The lowest BCUT2D eigenvalue weighted by atomic mass is 10.2. The second-order valence-corrected chi connectivity index (χ2v) is 6.80. The van der Waals surface area contributed by atoms with Gasteiger partial charge in [0.15, 0.2) is 12.4 Å². The van der Waals surface area contributed by atoms with Crippen LogP contribution in [0.3, 0.4) is 0 Å². The molecule has 0 N–H and O–H groups in total. The molecule has 8 heteroatoms. The molecule has 0 aliphatic carbocycles. The summed E-state index contributed by atoms with van der Waals surface area (Å²) in [4.78, 5) is 26.9. The summed E-state index contributed by atoms with van der Waals surface area (Å²) in [5, 5.41) is 11.8. The molecule has 0 aromatic heterocycles. The van der Waals surface area contributed by atoms with E-state index in [-0.39, 0.29) is 24.0 Å². The van der Waals surface area contributed by atoms with Gasteiger partial charge in [0.05, 0.1) is 4.92 Å². The van der Waals surface area contributed by atoms with Crippen molar-refractivity contribution in [1.29, 1.82) is 0 Å². The van der Waals surface area contributed by atoms with Gasteiger partial charge in [0.2, 0.25) is 0 Å². The van der Waals surface area contributed by atoms with Crippen molar-refractivity contribution in [2.45, 2.75) is 6.92 Å². The first-order valence-corrected chi connectivity index (χ1v) is 8.98. The Morgan fingerprint density at radius 2 is 1.93 bits per heavy atom. The van der Waals surface area contributed by atoms with Gasteiger partial charge in [0, 0.05) is 43.0 Å². The monoisotopic (exact) mass is 389 g/mol. The molecule has 1 aliphatic heterocycles. The number of nitro groups is 1. The number of aryl methyl sites for hydroxylation is 1. The second kappa shape index (κ2) is 8.26. The molecule has 142 valence electrons. The van der Waals surface area contributed by atoms with Gasteiger partial charge in [-0.2, -0.15) is 0 Å². The number of amides is 1. The SMILES string of the molecule is Cc1ccc([N+](=O)[O-])c(OCC(=O)N2CCN(c3cccc(Cl)c3)CC2)c1. The number of nitro benzene ring substituents is 1. The first kappa shape index (κ1) is 19.0. The summed E-state index contributed by atoms with van der Waals surface area (Å²) in [7, 11) is 0. The van der Waals surface area contributed by atoms with Crippen molar-refractivity contribution < 1.29 is 14.5 Å². The lowest BCUT2D eigenvalue weighted by molar-refractivity contribution is -0.385. The van der Waals surface area contributed by atoms with Gasteiger partial charge in [0.1, 0.15) is 0 Å². The van der Waals surface area contributed by atoms with Crippen LogP contribution in [0.2, 0.25) is 5.02 Å². The lowest BCUT2D eigenvalue weighted by Gasteiger charge is -2.36. The Kier molecular flexibility index (Phi) is 5.81. The van der Waals surface area contributed by atoms with Crippen molar-refractivity contribution in [3.63, 3.8) is 0 Å². The van der Waals surface area contributed by atoms with Gasteiger partial charge in [-0.1, -0.05) is 23.7 Å². The molecule has 0 atom stereocenters. The quantitative estimate of drug-likeness (QED) is 0.579. The highest BCUT2D eigenvalue weighted by atomic mass is 35.5. The number of ether oxygens (including phenoxy) is 1. The fraction of sp³-hybridized carbons (Fsp3) is 0.316. The van der Waals surface area contributed by atoms with Crippen LogP contribution in [-0.2, 0) is 4.79 Å². The number of carbonyl (C=O) groups excluding carboxylic acids is 1. The third kappa shape index (κ3) is 4.68. The molecule has 1 aliphatic rings. The molecule has 2 aromatic carbocycles. The van der Waals surface area contributed by atoms with E-state index in [1.807, 2.05) is 31.2 Å². The topological polar surface area (TPSA) is 75.9 Å². The normalized spacial score (nSPS) is 14.1. The van der Waals surface area contributed by atoms with Crippen LogP contribution in [0.5, 0.6) is 5.75 Å². The average molecular weight is 390 g/mol. The Labute approximate surface area is 162 Å². The summed E-state index contributed by atoms with van der Waals surface area (Å²) >= 11 is 6.03. The van der Waals surface area contributed by atoms with Gasteiger partial charge in [-0.05, 0) is 36.8 Å². The second-order valence-electron chi connectivity index (χ2n) is 6.36. The Morgan fingerprint density at radius 3 is 2.59 bits per heavy atom. The van der Waals surface area contributed by atoms with Gasteiger partial charge >= 0.3 is 5.69 Å². The number of hydrogen-bond acceptors (Lipinski definition) is 5. The first-order valence-electron chi connectivity index (χ1n) is 8.60. The van der Waals surface area contributed by atoms with E-state index in [0.29, 0.717) is 31.2 Å². The van der Waals surface area contributed by atoms with Crippen LogP contribution in [0.25, 0.3) is 0 Å². The van der Waals surface area contributed by atoms with Gasteiger partial charge in [-0.3, -0.25) is 14.9 Å². The maximum atomic E-state index is 12.4. The molecule has 0 spiro atoms. The minimum atomic E-state index is -0.511. The molecule has 1 heterocycles. The van der Waals surface area contributed by atoms with E-state index in [9.17, 15) is 14.9 Å². The van der Waals surface area contributed by atoms with Crippen molar-refractivity contribution in [3.05, 3.63) is 63.2 Å². The van der Waals surface area contributed by atoms with Gasteiger partial charge in [-0.25, -0.2) is 0 Å². The Balaban J connectivity index is 1.56. The van der Waals surface area contributed by atoms with E-state index in [1.165, 1.54) is 6.07 Å². The van der Waals surface area contributed by atoms with Crippen LogP contribution in [0.1, 0.15) is 5.56 Å². The average Bonchev–Trinajstić information content (AvgIpc) is 2.66. The molecule has 3 rings (SSSR count). The molecule has 2 aromatic rings. The Morgan fingerprint density at radius 1 is 1.19 bits per heavy atom. The fourth-order valence-corrected chi connectivity index (χ4v) is 3.19. The number of piperazine rings is 1. The highest BCUT2D eigenvalue weighted by molar-refractivity contribution is 6.30. The van der Waals surface area contributed by atoms with E-state index in [1.54, 1.807) is 17.0 Å². The number of benzene rings is 2. The standard InChI is InChI=1S/C19H20ClN3O4/c1-14-5-6-17(23(25)26)18(11-14)27-13-19(24)22-9-7-21(8-10-22)16-4-2-3-15(20)12-16/h2-6,11-12H,7-10,13H2,1H3. The highest BCUT2D eigenvalue weighted by Crippen LogP contribution is 2.28. The number of hydrogen-bond donors (Lipinski definition) is 0. The van der Waals surface area contributed by atoms with E-state index >= 15 is 0 Å². The van der Waals surface area contributed by atoms with Gasteiger partial charge < -0.3 is 14.5 Å². The van der Waals surface area contributed by atoms with Crippen molar-refractivity contribution >= 4 is 28.9 Å². The molecule has 27 heavy (non-hydrogen) atoms. The van der Waals surface area contributed by atoms with Crippen LogP contribution >= 0.6 is 11.6 Å². The summed E-state index contributed by atoms with van der Waals surface area (Å²) in [6, 6.07) is 12.2. The molecular formula is C19H20ClN3O4. The van der Waals surface area contributed by atoms with Crippen LogP contribution in [0.15, 0.2) is 42.5 Å². The first-order chi connectivity index (χ1) is 12.9. The van der Waals surface area contributed by atoms with Gasteiger partial charge in [-0.15, -0.1) is 0 Å². The van der Waals surface area contributed by atoms with Gasteiger partial charge in [0.25, 0.3) is 5.91 Å². The predicted molar refractivity (Wildman–Crippen MR) is 104 cm³/mol. The number of carbonyl (C=O) groups is 1. The zero-order valence-electron chi connectivity index (χ0n) is 14.9. The van der Waals surface area contributed by atoms with E-state index in [0.717, 1.165) is 11.3 Å². The summed E-state index contributed by atoms with van der Waals surface area (Å²) in [5.74, 6) is -0.0672. The number of rotatable bonds is 5. The molecule has 0 saturated carbocycles. The summed E-state index contributed by atoms with van der Waals surface area (Å²) in [5.41, 5.74) is 1.72.